The molecule has 1 fully saturated rings. The van der Waals surface area contributed by atoms with Gasteiger partial charge in [-0.05, 0) is 25.0 Å². The standard InChI is InChI=1S/C17H22N2O4/c20-14(11-18-15(21)13-7-3-1-4-8-13)19-12-17(16(22)23)9-5-2-6-10-17/h1,3-4,7-8H,2,5-6,9-12H2,(H,18,21)(H,19,20)(H,22,23). The van der Waals surface area contributed by atoms with E-state index in [-0.39, 0.29) is 24.9 Å². The van der Waals surface area contributed by atoms with Crippen molar-refractivity contribution < 1.29 is 19.5 Å². The number of carboxylic acids is 1. The highest BCUT2D eigenvalue weighted by atomic mass is 16.4. The van der Waals surface area contributed by atoms with Gasteiger partial charge in [-0.25, -0.2) is 0 Å². The van der Waals surface area contributed by atoms with Crippen molar-refractivity contribution >= 4 is 17.8 Å². The fourth-order valence-electron chi connectivity index (χ4n) is 2.88. The number of amides is 2. The van der Waals surface area contributed by atoms with Gasteiger partial charge in [-0.15, -0.1) is 0 Å². The van der Waals surface area contributed by atoms with Crippen molar-refractivity contribution in [3.8, 4) is 0 Å². The van der Waals surface area contributed by atoms with Gasteiger partial charge >= 0.3 is 5.97 Å². The molecular weight excluding hydrogens is 296 g/mol. The predicted molar refractivity (Wildman–Crippen MR) is 84.9 cm³/mol. The van der Waals surface area contributed by atoms with Crippen molar-refractivity contribution in [2.24, 2.45) is 5.41 Å². The summed E-state index contributed by atoms with van der Waals surface area (Å²) in [5.74, 6) is -1.56. The summed E-state index contributed by atoms with van der Waals surface area (Å²) < 4.78 is 0. The lowest BCUT2D eigenvalue weighted by molar-refractivity contribution is -0.151. The molecule has 1 aromatic rings. The lowest BCUT2D eigenvalue weighted by Crippen LogP contribution is -2.46. The maximum atomic E-state index is 11.9. The normalized spacial score (nSPS) is 16.3. The first-order valence-corrected chi connectivity index (χ1v) is 7.87. The van der Waals surface area contributed by atoms with Crippen LogP contribution in [0, 0.1) is 5.41 Å². The van der Waals surface area contributed by atoms with Crippen LogP contribution in [0.15, 0.2) is 30.3 Å². The summed E-state index contributed by atoms with van der Waals surface area (Å²) in [6.45, 7) is -0.0498. The Balaban J connectivity index is 1.80. The Bertz CT molecular complexity index is 565. The topological polar surface area (TPSA) is 95.5 Å². The number of hydrogen-bond donors (Lipinski definition) is 3. The average Bonchev–Trinajstić information content (AvgIpc) is 2.59. The zero-order valence-corrected chi connectivity index (χ0v) is 13.0. The average molecular weight is 318 g/mol. The van der Waals surface area contributed by atoms with Crippen LogP contribution in [0.25, 0.3) is 0 Å². The van der Waals surface area contributed by atoms with Crippen molar-refractivity contribution in [3.63, 3.8) is 0 Å². The van der Waals surface area contributed by atoms with Crippen LogP contribution in [0.3, 0.4) is 0 Å². The lowest BCUT2D eigenvalue weighted by atomic mass is 9.74. The van der Waals surface area contributed by atoms with Crippen LogP contribution in [0.5, 0.6) is 0 Å². The van der Waals surface area contributed by atoms with Gasteiger partial charge in [0.2, 0.25) is 5.91 Å². The van der Waals surface area contributed by atoms with E-state index in [0.29, 0.717) is 18.4 Å². The quantitative estimate of drug-likeness (QED) is 0.742. The molecule has 0 atom stereocenters. The fourth-order valence-corrected chi connectivity index (χ4v) is 2.88. The molecule has 0 heterocycles. The molecule has 3 N–H and O–H groups in total. The van der Waals surface area contributed by atoms with Gasteiger partial charge in [0.05, 0.1) is 12.0 Å². The van der Waals surface area contributed by atoms with Crippen LogP contribution in [-0.4, -0.2) is 36.0 Å². The van der Waals surface area contributed by atoms with Gasteiger partial charge in [0.1, 0.15) is 0 Å². The molecule has 0 spiro atoms. The van der Waals surface area contributed by atoms with Crippen LogP contribution in [0.4, 0.5) is 0 Å². The van der Waals surface area contributed by atoms with Crippen molar-refractivity contribution in [2.45, 2.75) is 32.1 Å². The molecule has 0 aromatic heterocycles. The third kappa shape index (κ3) is 4.55. The van der Waals surface area contributed by atoms with E-state index in [1.54, 1.807) is 30.3 Å². The molecule has 2 amide bonds. The van der Waals surface area contributed by atoms with E-state index in [2.05, 4.69) is 10.6 Å². The van der Waals surface area contributed by atoms with E-state index in [4.69, 9.17) is 0 Å². The van der Waals surface area contributed by atoms with E-state index in [9.17, 15) is 19.5 Å². The Morgan fingerprint density at radius 3 is 2.26 bits per heavy atom. The maximum Gasteiger partial charge on any atom is 0.311 e. The van der Waals surface area contributed by atoms with Gasteiger partial charge in [0.15, 0.2) is 0 Å². The molecule has 1 aliphatic rings. The van der Waals surface area contributed by atoms with Gasteiger partial charge in [0, 0.05) is 12.1 Å². The third-order valence-electron chi connectivity index (χ3n) is 4.33. The summed E-state index contributed by atoms with van der Waals surface area (Å²) in [6.07, 6.45) is 3.94. The summed E-state index contributed by atoms with van der Waals surface area (Å²) >= 11 is 0. The van der Waals surface area contributed by atoms with Crippen LogP contribution >= 0.6 is 0 Å². The molecule has 1 aromatic carbocycles. The molecule has 1 aliphatic carbocycles. The Labute approximate surface area is 135 Å². The monoisotopic (exact) mass is 318 g/mol. The number of aliphatic carboxylic acids is 1. The highest BCUT2D eigenvalue weighted by molar-refractivity contribution is 5.96. The number of benzene rings is 1. The first-order chi connectivity index (χ1) is 11.0. The second kappa shape index (κ2) is 7.76. The van der Waals surface area contributed by atoms with E-state index < -0.39 is 11.4 Å². The van der Waals surface area contributed by atoms with Gasteiger partial charge in [-0.3, -0.25) is 14.4 Å². The molecular formula is C17H22N2O4. The van der Waals surface area contributed by atoms with Crippen molar-refractivity contribution in [2.75, 3.05) is 13.1 Å². The Kier molecular flexibility index (Phi) is 5.73. The minimum Gasteiger partial charge on any atom is -0.481 e. The smallest absolute Gasteiger partial charge is 0.311 e. The summed E-state index contributed by atoms with van der Waals surface area (Å²) in [5, 5.41) is 14.6. The largest absolute Gasteiger partial charge is 0.481 e. The maximum absolute atomic E-state index is 11.9. The van der Waals surface area contributed by atoms with Gasteiger partial charge in [-0.1, -0.05) is 37.5 Å². The SMILES string of the molecule is O=C(CNC(=O)c1ccccc1)NCC1(C(=O)O)CCCCC1. The molecule has 0 unspecified atom stereocenters. The van der Waals surface area contributed by atoms with Gasteiger partial charge < -0.3 is 15.7 Å². The zero-order valence-electron chi connectivity index (χ0n) is 13.0. The van der Waals surface area contributed by atoms with E-state index >= 15 is 0 Å². The number of carbonyl (C=O) groups excluding carboxylic acids is 2. The second-order valence-electron chi connectivity index (χ2n) is 5.97. The summed E-state index contributed by atoms with van der Waals surface area (Å²) in [4.78, 5) is 35.2. The highest BCUT2D eigenvalue weighted by Gasteiger charge is 2.39. The fraction of sp³-hybridized carbons (Fsp3) is 0.471. The molecule has 6 heteroatoms. The molecule has 0 radical (unpaired) electrons. The molecule has 23 heavy (non-hydrogen) atoms. The Morgan fingerprint density at radius 2 is 1.65 bits per heavy atom. The molecule has 0 bridgehead atoms. The van der Waals surface area contributed by atoms with Crippen LogP contribution in [-0.2, 0) is 9.59 Å². The minimum atomic E-state index is -0.864. The van der Waals surface area contributed by atoms with Crippen LogP contribution in [0.2, 0.25) is 0 Å². The molecule has 0 saturated heterocycles. The lowest BCUT2D eigenvalue weighted by Gasteiger charge is -2.33. The molecule has 2 rings (SSSR count). The van der Waals surface area contributed by atoms with Crippen LogP contribution in [0.1, 0.15) is 42.5 Å². The van der Waals surface area contributed by atoms with Crippen molar-refractivity contribution in [1.82, 2.24) is 10.6 Å². The first-order valence-electron chi connectivity index (χ1n) is 7.87. The van der Waals surface area contributed by atoms with E-state index in [0.717, 1.165) is 19.3 Å². The number of rotatable bonds is 6. The summed E-state index contributed by atoms with van der Waals surface area (Å²) in [5.41, 5.74) is -0.383. The van der Waals surface area contributed by atoms with Gasteiger partial charge in [0.25, 0.3) is 5.91 Å². The van der Waals surface area contributed by atoms with Crippen LogP contribution < -0.4 is 10.6 Å². The molecule has 124 valence electrons. The Hall–Kier alpha value is -2.37. The van der Waals surface area contributed by atoms with Gasteiger partial charge in [-0.2, -0.15) is 0 Å². The van der Waals surface area contributed by atoms with Crippen molar-refractivity contribution in [3.05, 3.63) is 35.9 Å². The molecule has 0 aliphatic heterocycles. The summed E-state index contributed by atoms with van der Waals surface area (Å²) in [7, 11) is 0. The summed E-state index contributed by atoms with van der Waals surface area (Å²) in [6, 6.07) is 8.62. The minimum absolute atomic E-state index is 0.113. The molecule has 6 nitrogen and oxygen atoms in total. The van der Waals surface area contributed by atoms with E-state index in [1.807, 2.05) is 0 Å². The first kappa shape index (κ1) is 17.0. The van der Waals surface area contributed by atoms with E-state index in [1.165, 1.54) is 0 Å². The number of carbonyl (C=O) groups is 3. The second-order valence-corrected chi connectivity index (χ2v) is 5.97. The Morgan fingerprint density at radius 1 is 1.00 bits per heavy atom. The number of hydrogen-bond acceptors (Lipinski definition) is 3. The van der Waals surface area contributed by atoms with Crippen molar-refractivity contribution in [1.29, 1.82) is 0 Å². The number of carboxylic acid groups (broad SMARTS) is 1. The highest BCUT2D eigenvalue weighted by Crippen LogP contribution is 2.35. The third-order valence-corrected chi connectivity index (χ3v) is 4.33. The molecule has 1 saturated carbocycles. The number of nitrogens with one attached hydrogen (secondary N) is 2. The zero-order chi connectivity index (χ0) is 16.7. The predicted octanol–water partition coefficient (Wildman–Crippen LogP) is 1.57.